The lowest BCUT2D eigenvalue weighted by Crippen LogP contribution is -2.44. The van der Waals surface area contributed by atoms with Crippen molar-refractivity contribution in [3.8, 4) is 0 Å². The quantitative estimate of drug-likeness (QED) is 0.813. The molecule has 1 amide bonds. The number of hydrogen-bond acceptors (Lipinski definition) is 4. The van der Waals surface area contributed by atoms with Crippen LogP contribution in [0.5, 0.6) is 0 Å². The Morgan fingerprint density at radius 3 is 2.42 bits per heavy atom. The van der Waals surface area contributed by atoms with Gasteiger partial charge in [0.25, 0.3) is 0 Å². The molecule has 0 bridgehead atoms. The predicted molar refractivity (Wildman–Crippen MR) is 90.8 cm³/mol. The topological polar surface area (TPSA) is 93.1 Å². The number of hydrogen-bond donors (Lipinski definition) is 2. The van der Waals surface area contributed by atoms with Gasteiger partial charge in [0.2, 0.25) is 15.9 Å². The van der Waals surface area contributed by atoms with Gasteiger partial charge in [0, 0.05) is 24.8 Å². The smallest absolute Gasteiger partial charge is 0.241 e. The number of sulfonamides is 1. The van der Waals surface area contributed by atoms with Gasteiger partial charge in [-0.2, -0.15) is 9.82 Å². The van der Waals surface area contributed by atoms with Crippen molar-refractivity contribution in [2.45, 2.75) is 38.3 Å². The van der Waals surface area contributed by atoms with Gasteiger partial charge in [-0.3, -0.25) is 9.48 Å². The van der Waals surface area contributed by atoms with Gasteiger partial charge < -0.3 is 5.32 Å². The van der Waals surface area contributed by atoms with Crippen LogP contribution in [-0.2, 0) is 28.4 Å². The molecule has 0 saturated heterocycles. The van der Waals surface area contributed by atoms with Crippen LogP contribution in [0.15, 0.2) is 35.2 Å². The summed E-state index contributed by atoms with van der Waals surface area (Å²) in [5.41, 5.74) is 2.74. The van der Waals surface area contributed by atoms with Crippen molar-refractivity contribution in [2.75, 3.05) is 0 Å². The Bertz CT molecular complexity index is 829. The van der Waals surface area contributed by atoms with E-state index in [1.54, 1.807) is 22.9 Å². The van der Waals surface area contributed by atoms with Crippen molar-refractivity contribution in [2.24, 2.45) is 7.05 Å². The molecule has 0 radical (unpaired) electrons. The van der Waals surface area contributed by atoms with Gasteiger partial charge in [-0.25, -0.2) is 8.42 Å². The van der Waals surface area contributed by atoms with Crippen molar-refractivity contribution < 1.29 is 13.2 Å². The summed E-state index contributed by atoms with van der Waals surface area (Å²) < 4.78 is 28.6. The van der Waals surface area contributed by atoms with Crippen LogP contribution in [0.1, 0.15) is 23.9 Å². The molecule has 2 N–H and O–H groups in total. The lowest BCUT2D eigenvalue weighted by atomic mass is 10.2. The summed E-state index contributed by atoms with van der Waals surface area (Å²) >= 11 is 0. The molecule has 0 aliphatic carbocycles. The zero-order valence-electron chi connectivity index (χ0n) is 14.2. The maximum absolute atomic E-state index is 12.2. The van der Waals surface area contributed by atoms with Crippen LogP contribution in [-0.4, -0.2) is 30.1 Å². The zero-order chi connectivity index (χ0) is 17.9. The predicted octanol–water partition coefficient (Wildman–Crippen LogP) is 1.02. The Hall–Kier alpha value is -2.19. The fraction of sp³-hybridized carbons (Fsp3) is 0.375. The van der Waals surface area contributed by atoms with E-state index < -0.39 is 22.0 Å². The van der Waals surface area contributed by atoms with Crippen LogP contribution in [0.2, 0.25) is 0 Å². The molecule has 8 heteroatoms. The van der Waals surface area contributed by atoms with Crippen molar-refractivity contribution in [1.82, 2.24) is 19.8 Å². The molecule has 0 saturated carbocycles. The Balaban J connectivity index is 2.00. The molecule has 2 rings (SSSR count). The number of aromatic nitrogens is 2. The molecule has 24 heavy (non-hydrogen) atoms. The minimum Gasteiger partial charge on any atom is -0.351 e. The van der Waals surface area contributed by atoms with E-state index in [-0.39, 0.29) is 4.90 Å². The molecule has 0 aliphatic rings. The first-order valence-electron chi connectivity index (χ1n) is 7.56. The van der Waals surface area contributed by atoms with Crippen molar-refractivity contribution >= 4 is 15.9 Å². The molecule has 1 heterocycles. The number of aryl methyl sites for hydroxylation is 2. The molecule has 1 atom stereocenters. The van der Waals surface area contributed by atoms with Gasteiger partial charge in [-0.1, -0.05) is 18.2 Å². The van der Waals surface area contributed by atoms with E-state index in [0.29, 0.717) is 6.54 Å². The summed E-state index contributed by atoms with van der Waals surface area (Å²) in [4.78, 5) is 12.3. The van der Waals surface area contributed by atoms with Crippen LogP contribution in [0, 0.1) is 13.8 Å². The number of carbonyl (C=O) groups is 1. The lowest BCUT2D eigenvalue weighted by molar-refractivity contribution is -0.122. The van der Waals surface area contributed by atoms with Gasteiger partial charge in [0.1, 0.15) is 0 Å². The Kier molecular flexibility index (Phi) is 5.40. The largest absolute Gasteiger partial charge is 0.351 e. The zero-order valence-corrected chi connectivity index (χ0v) is 15.0. The van der Waals surface area contributed by atoms with Crippen LogP contribution in [0.4, 0.5) is 0 Å². The van der Waals surface area contributed by atoms with Crippen LogP contribution >= 0.6 is 0 Å². The third-order valence-corrected chi connectivity index (χ3v) is 5.43. The molecule has 1 aromatic heterocycles. The molecule has 2 aromatic rings. The van der Waals surface area contributed by atoms with E-state index in [1.807, 2.05) is 20.9 Å². The molecule has 1 unspecified atom stereocenters. The second-order valence-corrected chi connectivity index (χ2v) is 7.36. The van der Waals surface area contributed by atoms with E-state index >= 15 is 0 Å². The number of nitrogens with zero attached hydrogens (tertiary/aromatic N) is 2. The highest BCUT2D eigenvalue weighted by Crippen LogP contribution is 2.11. The first kappa shape index (κ1) is 18.2. The average molecular weight is 350 g/mol. The van der Waals surface area contributed by atoms with E-state index in [1.165, 1.54) is 19.1 Å². The van der Waals surface area contributed by atoms with Crippen LogP contribution < -0.4 is 10.0 Å². The van der Waals surface area contributed by atoms with Gasteiger partial charge in [-0.15, -0.1) is 0 Å². The molecular weight excluding hydrogens is 328 g/mol. The third kappa shape index (κ3) is 4.01. The summed E-state index contributed by atoms with van der Waals surface area (Å²) in [5.74, 6) is -0.392. The van der Waals surface area contributed by atoms with Crippen molar-refractivity contribution in [3.63, 3.8) is 0 Å². The second-order valence-electron chi connectivity index (χ2n) is 5.65. The molecule has 0 aliphatic heterocycles. The Morgan fingerprint density at radius 1 is 1.25 bits per heavy atom. The number of carbonyl (C=O) groups excluding carboxylic acids is 1. The van der Waals surface area contributed by atoms with Crippen molar-refractivity contribution in [3.05, 3.63) is 47.3 Å². The molecule has 0 fully saturated rings. The highest BCUT2D eigenvalue weighted by Gasteiger charge is 2.22. The number of nitrogens with one attached hydrogen (secondary N) is 2. The fourth-order valence-corrected chi connectivity index (χ4v) is 3.58. The van der Waals surface area contributed by atoms with E-state index in [9.17, 15) is 13.2 Å². The second kappa shape index (κ2) is 7.14. The summed E-state index contributed by atoms with van der Waals surface area (Å²) in [5, 5.41) is 7.03. The average Bonchev–Trinajstić information content (AvgIpc) is 2.78. The molecule has 130 valence electrons. The monoisotopic (exact) mass is 350 g/mol. The van der Waals surface area contributed by atoms with Gasteiger partial charge in [-0.05, 0) is 32.9 Å². The number of benzene rings is 1. The standard InChI is InChI=1S/C16H22N4O3S/c1-11-15(13(3)20(4)18-11)10-17-16(21)12(2)19-24(22,23)14-8-6-5-7-9-14/h5-9,12,19H,10H2,1-4H3,(H,17,21). The first-order chi connectivity index (χ1) is 11.2. The Labute approximate surface area is 142 Å². The number of rotatable bonds is 6. The molecule has 1 aromatic carbocycles. The Morgan fingerprint density at radius 2 is 1.88 bits per heavy atom. The SMILES string of the molecule is Cc1nn(C)c(C)c1CNC(=O)C(C)NS(=O)(=O)c1ccccc1. The fourth-order valence-electron chi connectivity index (χ4n) is 2.36. The highest BCUT2D eigenvalue weighted by atomic mass is 32.2. The minimum atomic E-state index is -3.73. The van der Waals surface area contributed by atoms with Crippen molar-refractivity contribution in [1.29, 1.82) is 0 Å². The summed E-state index contributed by atoms with van der Waals surface area (Å²) in [6, 6.07) is 7.08. The minimum absolute atomic E-state index is 0.128. The lowest BCUT2D eigenvalue weighted by Gasteiger charge is -2.14. The van der Waals surface area contributed by atoms with Gasteiger partial charge in [0.15, 0.2) is 0 Å². The molecule has 0 spiro atoms. The maximum atomic E-state index is 12.2. The maximum Gasteiger partial charge on any atom is 0.241 e. The normalized spacial score (nSPS) is 12.8. The summed E-state index contributed by atoms with van der Waals surface area (Å²) in [7, 11) is -1.89. The molecule has 7 nitrogen and oxygen atoms in total. The summed E-state index contributed by atoms with van der Waals surface area (Å²) in [6.45, 7) is 5.61. The van der Waals surface area contributed by atoms with Gasteiger partial charge >= 0.3 is 0 Å². The van der Waals surface area contributed by atoms with Crippen LogP contribution in [0.25, 0.3) is 0 Å². The highest BCUT2D eigenvalue weighted by molar-refractivity contribution is 7.89. The number of amides is 1. The third-order valence-electron chi connectivity index (χ3n) is 3.88. The van der Waals surface area contributed by atoms with Crippen LogP contribution in [0.3, 0.4) is 0 Å². The van der Waals surface area contributed by atoms with E-state index in [0.717, 1.165) is 17.0 Å². The van der Waals surface area contributed by atoms with Gasteiger partial charge in [0.05, 0.1) is 16.6 Å². The van der Waals surface area contributed by atoms with E-state index in [4.69, 9.17) is 0 Å². The summed E-state index contributed by atoms with van der Waals surface area (Å²) in [6.07, 6.45) is 0. The first-order valence-corrected chi connectivity index (χ1v) is 9.05. The van der Waals surface area contributed by atoms with E-state index in [2.05, 4.69) is 15.1 Å². The molecular formula is C16H22N4O3S.